The van der Waals surface area contributed by atoms with Gasteiger partial charge in [0.05, 0.1) is 13.7 Å². The van der Waals surface area contributed by atoms with E-state index in [0.29, 0.717) is 0 Å². The second-order valence-corrected chi connectivity index (χ2v) is 5.06. The predicted octanol–water partition coefficient (Wildman–Crippen LogP) is 2.65. The second-order valence-electron chi connectivity index (χ2n) is 5.06. The maximum absolute atomic E-state index is 6.16. The summed E-state index contributed by atoms with van der Waals surface area (Å²) in [7, 11) is 3.87. The van der Waals surface area contributed by atoms with Crippen molar-refractivity contribution in [2.45, 2.75) is 25.4 Å². The van der Waals surface area contributed by atoms with Crippen molar-refractivity contribution in [1.82, 2.24) is 4.90 Å². The van der Waals surface area contributed by atoms with Crippen molar-refractivity contribution in [1.29, 1.82) is 0 Å². The first-order valence-corrected chi connectivity index (χ1v) is 6.67. The zero-order valence-electron chi connectivity index (χ0n) is 11.6. The smallest absolute Gasteiger partial charge is 0.119 e. The van der Waals surface area contributed by atoms with Crippen LogP contribution in [-0.4, -0.2) is 38.8 Å². The van der Waals surface area contributed by atoms with E-state index in [1.165, 1.54) is 5.56 Å². The number of rotatable bonds is 4. The van der Waals surface area contributed by atoms with Gasteiger partial charge in [-0.15, -0.1) is 0 Å². The number of morpholine rings is 1. The molecule has 3 heteroatoms. The standard InChI is InChI=1S/C15H23NO2/c1-4-8-15(12-16(2)9-10-18-15)13-6-5-7-14(11-13)17-3/h5-7,11H,4,8-10,12H2,1-3H3. The maximum atomic E-state index is 6.16. The number of hydrogen-bond acceptors (Lipinski definition) is 3. The zero-order valence-corrected chi connectivity index (χ0v) is 11.6. The molecule has 1 aliphatic heterocycles. The average Bonchev–Trinajstić information content (AvgIpc) is 2.39. The lowest BCUT2D eigenvalue weighted by Crippen LogP contribution is -2.48. The highest BCUT2D eigenvalue weighted by molar-refractivity contribution is 5.33. The fourth-order valence-electron chi connectivity index (χ4n) is 2.74. The maximum Gasteiger partial charge on any atom is 0.119 e. The molecule has 1 heterocycles. The van der Waals surface area contributed by atoms with Crippen LogP contribution in [0.15, 0.2) is 24.3 Å². The highest BCUT2D eigenvalue weighted by atomic mass is 16.5. The summed E-state index contributed by atoms with van der Waals surface area (Å²) in [5.41, 5.74) is 1.06. The van der Waals surface area contributed by atoms with Crippen LogP contribution in [0.5, 0.6) is 5.75 Å². The van der Waals surface area contributed by atoms with E-state index in [2.05, 4.69) is 31.0 Å². The van der Waals surface area contributed by atoms with Gasteiger partial charge in [0.15, 0.2) is 0 Å². The van der Waals surface area contributed by atoms with Gasteiger partial charge >= 0.3 is 0 Å². The van der Waals surface area contributed by atoms with Crippen molar-refractivity contribution < 1.29 is 9.47 Å². The lowest BCUT2D eigenvalue weighted by Gasteiger charge is -2.42. The van der Waals surface area contributed by atoms with Crippen molar-refractivity contribution in [3.8, 4) is 5.75 Å². The Labute approximate surface area is 110 Å². The Morgan fingerprint density at radius 1 is 1.44 bits per heavy atom. The molecule has 0 aliphatic carbocycles. The van der Waals surface area contributed by atoms with Crippen molar-refractivity contribution in [3.05, 3.63) is 29.8 Å². The summed E-state index contributed by atoms with van der Waals surface area (Å²) in [4.78, 5) is 2.35. The molecule has 0 saturated carbocycles. The summed E-state index contributed by atoms with van der Waals surface area (Å²) >= 11 is 0. The van der Waals surface area contributed by atoms with Gasteiger partial charge in [-0.25, -0.2) is 0 Å². The van der Waals surface area contributed by atoms with Gasteiger partial charge in [0.1, 0.15) is 11.4 Å². The molecule has 0 bridgehead atoms. The van der Waals surface area contributed by atoms with Crippen LogP contribution < -0.4 is 4.74 Å². The molecule has 1 aromatic rings. The first-order valence-electron chi connectivity index (χ1n) is 6.67. The summed E-state index contributed by atoms with van der Waals surface area (Å²) in [5.74, 6) is 0.903. The summed E-state index contributed by atoms with van der Waals surface area (Å²) in [6, 6.07) is 8.28. The van der Waals surface area contributed by atoms with E-state index < -0.39 is 0 Å². The fraction of sp³-hybridized carbons (Fsp3) is 0.600. The summed E-state index contributed by atoms with van der Waals surface area (Å²) < 4.78 is 11.5. The third-order valence-corrected chi connectivity index (χ3v) is 3.63. The van der Waals surface area contributed by atoms with Crippen LogP contribution in [0.25, 0.3) is 0 Å². The molecule has 1 atom stereocenters. The van der Waals surface area contributed by atoms with Crippen LogP contribution in [0.4, 0.5) is 0 Å². The number of hydrogen-bond donors (Lipinski definition) is 0. The molecule has 1 aromatic carbocycles. The predicted molar refractivity (Wildman–Crippen MR) is 73.0 cm³/mol. The fourth-order valence-corrected chi connectivity index (χ4v) is 2.74. The molecule has 1 saturated heterocycles. The summed E-state index contributed by atoms with van der Waals surface area (Å²) in [6.07, 6.45) is 2.16. The molecule has 1 aliphatic rings. The Bertz CT molecular complexity index is 390. The molecule has 1 fully saturated rings. The van der Waals surface area contributed by atoms with Crippen molar-refractivity contribution in [2.75, 3.05) is 33.9 Å². The quantitative estimate of drug-likeness (QED) is 0.819. The molecule has 3 nitrogen and oxygen atoms in total. The van der Waals surface area contributed by atoms with Crippen LogP contribution in [0, 0.1) is 0 Å². The Morgan fingerprint density at radius 3 is 2.94 bits per heavy atom. The van der Waals surface area contributed by atoms with Crippen LogP contribution in [0.2, 0.25) is 0 Å². The SMILES string of the molecule is CCCC1(c2cccc(OC)c2)CN(C)CCO1. The minimum atomic E-state index is -0.170. The van der Waals surface area contributed by atoms with Crippen molar-refractivity contribution in [2.24, 2.45) is 0 Å². The van der Waals surface area contributed by atoms with E-state index in [0.717, 1.165) is 38.3 Å². The third-order valence-electron chi connectivity index (χ3n) is 3.63. The second kappa shape index (κ2) is 5.72. The number of likely N-dealkylation sites (N-methyl/N-ethyl adjacent to an activating group) is 1. The third kappa shape index (κ3) is 2.68. The van der Waals surface area contributed by atoms with E-state index in [1.807, 2.05) is 12.1 Å². The summed E-state index contributed by atoms with van der Waals surface area (Å²) in [5, 5.41) is 0. The van der Waals surface area contributed by atoms with Gasteiger partial charge in [-0.1, -0.05) is 25.5 Å². The van der Waals surface area contributed by atoms with Gasteiger partial charge in [0, 0.05) is 13.1 Å². The minimum Gasteiger partial charge on any atom is -0.497 e. The van der Waals surface area contributed by atoms with Crippen LogP contribution in [0.3, 0.4) is 0 Å². The molecule has 0 amide bonds. The van der Waals surface area contributed by atoms with E-state index in [4.69, 9.17) is 9.47 Å². The van der Waals surface area contributed by atoms with Gasteiger partial charge in [-0.3, -0.25) is 0 Å². The Hall–Kier alpha value is -1.06. The van der Waals surface area contributed by atoms with Gasteiger partial charge < -0.3 is 14.4 Å². The Balaban J connectivity index is 2.33. The Kier molecular flexibility index (Phi) is 4.25. The zero-order chi connectivity index (χ0) is 13.0. The lowest BCUT2D eigenvalue weighted by molar-refractivity contribution is -0.114. The first-order chi connectivity index (χ1) is 8.70. The average molecular weight is 249 g/mol. The number of benzene rings is 1. The lowest BCUT2D eigenvalue weighted by atomic mass is 9.87. The summed E-state index contributed by atoms with van der Waals surface area (Å²) in [6.45, 7) is 4.97. The van der Waals surface area contributed by atoms with Gasteiger partial charge in [-0.2, -0.15) is 0 Å². The largest absolute Gasteiger partial charge is 0.497 e. The van der Waals surface area contributed by atoms with E-state index in [1.54, 1.807) is 7.11 Å². The van der Waals surface area contributed by atoms with Gasteiger partial charge in [0.25, 0.3) is 0 Å². The molecule has 2 rings (SSSR count). The van der Waals surface area contributed by atoms with Crippen LogP contribution in [-0.2, 0) is 10.3 Å². The normalized spacial score (nSPS) is 25.1. The molecular formula is C15H23NO2. The molecule has 0 spiro atoms. The van der Waals surface area contributed by atoms with E-state index in [9.17, 15) is 0 Å². The molecule has 0 aromatic heterocycles. The highest BCUT2D eigenvalue weighted by Crippen LogP contribution is 2.35. The van der Waals surface area contributed by atoms with E-state index >= 15 is 0 Å². The monoisotopic (exact) mass is 249 g/mol. The topological polar surface area (TPSA) is 21.7 Å². The number of methoxy groups -OCH3 is 1. The van der Waals surface area contributed by atoms with Crippen LogP contribution in [0.1, 0.15) is 25.3 Å². The molecule has 0 N–H and O–H groups in total. The van der Waals surface area contributed by atoms with E-state index in [-0.39, 0.29) is 5.60 Å². The molecule has 1 unspecified atom stereocenters. The number of ether oxygens (including phenoxy) is 2. The highest BCUT2D eigenvalue weighted by Gasteiger charge is 2.36. The van der Waals surface area contributed by atoms with Crippen molar-refractivity contribution >= 4 is 0 Å². The molecular weight excluding hydrogens is 226 g/mol. The Morgan fingerprint density at radius 2 is 2.28 bits per heavy atom. The van der Waals surface area contributed by atoms with Crippen LogP contribution >= 0.6 is 0 Å². The molecule has 100 valence electrons. The minimum absolute atomic E-state index is 0.170. The number of nitrogens with zero attached hydrogens (tertiary/aromatic N) is 1. The van der Waals surface area contributed by atoms with Gasteiger partial charge in [-0.05, 0) is 31.2 Å². The first kappa shape index (κ1) is 13.4. The molecule has 0 radical (unpaired) electrons. The molecule has 18 heavy (non-hydrogen) atoms. The van der Waals surface area contributed by atoms with Gasteiger partial charge in [0.2, 0.25) is 0 Å². The van der Waals surface area contributed by atoms with Crippen molar-refractivity contribution in [3.63, 3.8) is 0 Å².